The van der Waals surface area contributed by atoms with E-state index in [1.165, 1.54) is 6.20 Å². The number of ether oxygens (including phenoxy) is 2. The van der Waals surface area contributed by atoms with Gasteiger partial charge in [0.25, 0.3) is 0 Å². The molecule has 0 aliphatic carbocycles. The van der Waals surface area contributed by atoms with Crippen LogP contribution in [0.15, 0.2) is 42.9 Å². The first-order valence-corrected chi connectivity index (χ1v) is 10.6. The van der Waals surface area contributed by atoms with Crippen LogP contribution in [0, 0.1) is 11.9 Å². The van der Waals surface area contributed by atoms with Gasteiger partial charge in [-0.25, -0.2) is 0 Å². The minimum atomic E-state index is -0.636. The van der Waals surface area contributed by atoms with Crippen molar-refractivity contribution in [2.75, 3.05) is 13.7 Å². The number of nitrogens with one attached hydrogen (secondary N) is 1. The number of benzene rings is 1. The number of halogens is 1. The minimum absolute atomic E-state index is 0.0677. The van der Waals surface area contributed by atoms with Crippen molar-refractivity contribution >= 4 is 16.7 Å². The molecule has 0 radical (unpaired) electrons. The van der Waals surface area contributed by atoms with Gasteiger partial charge in [-0.3, -0.25) is 14.9 Å². The zero-order valence-corrected chi connectivity index (χ0v) is 18.2. The van der Waals surface area contributed by atoms with E-state index in [-0.39, 0.29) is 30.4 Å². The Morgan fingerprint density at radius 3 is 2.97 bits per heavy atom. The fourth-order valence-electron chi connectivity index (χ4n) is 4.30. The van der Waals surface area contributed by atoms with E-state index in [9.17, 15) is 14.3 Å². The summed E-state index contributed by atoms with van der Waals surface area (Å²) in [5, 5.41) is 16.6. The third-order valence-corrected chi connectivity index (χ3v) is 5.91. The molecule has 33 heavy (non-hydrogen) atoms. The van der Waals surface area contributed by atoms with Gasteiger partial charge in [0, 0.05) is 29.9 Å². The van der Waals surface area contributed by atoms with Gasteiger partial charge >= 0.3 is 0 Å². The molecule has 0 spiro atoms. The number of hydrogen-bond acceptors (Lipinski definition) is 6. The zero-order valence-electron chi connectivity index (χ0n) is 18.2. The molecule has 9 heteroatoms. The number of carbonyl (C=O) groups excluding carboxylic acids is 1. The Balaban J connectivity index is 1.53. The van der Waals surface area contributed by atoms with Gasteiger partial charge in [0.05, 0.1) is 48.7 Å². The molecule has 8 nitrogen and oxygen atoms in total. The van der Waals surface area contributed by atoms with Crippen molar-refractivity contribution in [2.24, 2.45) is 5.92 Å². The van der Waals surface area contributed by atoms with Crippen LogP contribution in [0.25, 0.3) is 22.2 Å². The Bertz CT molecular complexity index is 1340. The summed E-state index contributed by atoms with van der Waals surface area (Å²) in [5.41, 5.74) is 2.73. The summed E-state index contributed by atoms with van der Waals surface area (Å²) >= 11 is 0. The molecule has 0 saturated heterocycles. The molecule has 2 N–H and O–H groups in total. The molecule has 0 amide bonds. The van der Waals surface area contributed by atoms with Crippen molar-refractivity contribution in [2.45, 2.75) is 26.0 Å². The quantitative estimate of drug-likeness (QED) is 0.437. The molecule has 5 rings (SSSR count). The summed E-state index contributed by atoms with van der Waals surface area (Å²) in [5.74, 6) is 0.440. The number of aromatic nitrogens is 4. The van der Waals surface area contributed by atoms with Gasteiger partial charge < -0.3 is 19.1 Å². The maximum atomic E-state index is 14.0. The Hall–Kier alpha value is -3.72. The van der Waals surface area contributed by atoms with E-state index in [4.69, 9.17) is 9.47 Å². The molecule has 1 aliphatic heterocycles. The molecular formula is C24H23FN4O4. The van der Waals surface area contributed by atoms with E-state index in [2.05, 4.69) is 15.2 Å². The van der Waals surface area contributed by atoms with Crippen molar-refractivity contribution < 1.29 is 23.8 Å². The monoisotopic (exact) mass is 450 g/mol. The Morgan fingerprint density at radius 1 is 1.39 bits per heavy atom. The molecule has 170 valence electrons. The van der Waals surface area contributed by atoms with Gasteiger partial charge in [0.1, 0.15) is 11.5 Å². The van der Waals surface area contributed by atoms with Crippen molar-refractivity contribution in [3.05, 3.63) is 59.9 Å². The average molecular weight is 450 g/mol. The summed E-state index contributed by atoms with van der Waals surface area (Å²) in [6.07, 6.45) is 4.56. The van der Waals surface area contributed by atoms with Crippen molar-refractivity contribution in [1.82, 2.24) is 19.7 Å². The molecule has 4 aromatic rings. The van der Waals surface area contributed by atoms with E-state index in [0.717, 1.165) is 11.3 Å². The largest absolute Gasteiger partial charge is 0.497 e. The van der Waals surface area contributed by atoms with Crippen molar-refractivity contribution in [1.29, 1.82) is 0 Å². The normalized spacial score (nSPS) is 16.3. The van der Waals surface area contributed by atoms with E-state index in [1.807, 2.05) is 18.2 Å². The summed E-state index contributed by atoms with van der Waals surface area (Å²) in [4.78, 5) is 17.9. The van der Waals surface area contributed by atoms with Gasteiger partial charge in [-0.1, -0.05) is 0 Å². The third kappa shape index (κ3) is 3.84. The highest BCUT2D eigenvalue weighted by atomic mass is 19.1. The second kappa shape index (κ2) is 8.32. The lowest BCUT2D eigenvalue weighted by atomic mass is 9.89. The lowest BCUT2D eigenvalue weighted by Crippen LogP contribution is -2.28. The molecule has 4 heterocycles. The number of Topliss-reactive ketones (excluding diaryl/α,β-unsaturated/α-hetero) is 1. The van der Waals surface area contributed by atoms with Crippen molar-refractivity contribution in [3.63, 3.8) is 0 Å². The molecule has 2 atom stereocenters. The van der Waals surface area contributed by atoms with E-state index in [1.54, 1.807) is 37.1 Å². The molecule has 0 fully saturated rings. The summed E-state index contributed by atoms with van der Waals surface area (Å²) < 4.78 is 27.0. The number of aliphatic hydroxyl groups excluding tert-OH is 1. The van der Waals surface area contributed by atoms with Gasteiger partial charge in [-0.15, -0.1) is 0 Å². The van der Waals surface area contributed by atoms with Crippen LogP contribution in [0.2, 0.25) is 0 Å². The number of hydrogen-bond donors (Lipinski definition) is 2. The number of methoxy groups -OCH3 is 1. The second-order valence-corrected chi connectivity index (χ2v) is 8.28. The number of aromatic amines is 1. The smallest absolute Gasteiger partial charge is 0.218 e. The lowest BCUT2D eigenvalue weighted by Gasteiger charge is -2.24. The molecular weight excluding hydrogens is 427 g/mol. The van der Waals surface area contributed by atoms with E-state index < -0.39 is 12.1 Å². The number of pyridine rings is 1. The van der Waals surface area contributed by atoms with E-state index in [0.29, 0.717) is 34.3 Å². The number of aliphatic hydroxyl groups is 1. The number of fused-ring (bicyclic) bond motifs is 2. The van der Waals surface area contributed by atoms with Crippen LogP contribution in [0.5, 0.6) is 11.5 Å². The Kier molecular flexibility index (Phi) is 5.33. The number of ketones is 1. The lowest BCUT2D eigenvalue weighted by molar-refractivity contribution is 0.0856. The van der Waals surface area contributed by atoms with Gasteiger partial charge in [-0.05, 0) is 43.2 Å². The highest BCUT2D eigenvalue weighted by Gasteiger charge is 2.30. The first-order chi connectivity index (χ1) is 15.9. The minimum Gasteiger partial charge on any atom is -0.497 e. The predicted octanol–water partition coefficient (Wildman–Crippen LogP) is 3.39. The van der Waals surface area contributed by atoms with Crippen LogP contribution in [0.4, 0.5) is 4.39 Å². The van der Waals surface area contributed by atoms with Gasteiger partial charge in [0.2, 0.25) is 5.95 Å². The molecule has 1 aliphatic rings. The van der Waals surface area contributed by atoms with Crippen LogP contribution in [-0.4, -0.2) is 50.5 Å². The van der Waals surface area contributed by atoms with Gasteiger partial charge in [-0.2, -0.15) is 9.49 Å². The Morgan fingerprint density at radius 2 is 2.24 bits per heavy atom. The predicted molar refractivity (Wildman–Crippen MR) is 119 cm³/mol. The standard InChI is InChI=1S/C24H23FN4O4/c1-13(30)10-29-11-19(17-8-26-20(7-21(17)29)18-9-27-28-24(18)25)23(31)15-5-14-6-16(32-2)3-4-22(14)33-12-15/h3-4,6-9,11,13,15,30H,5,10,12H2,1-2H3,(H,27,28)/t13-,15-/m0/s1. The van der Waals surface area contributed by atoms with Crippen molar-refractivity contribution in [3.8, 4) is 22.8 Å². The first-order valence-electron chi connectivity index (χ1n) is 10.6. The summed E-state index contributed by atoms with van der Waals surface area (Å²) in [7, 11) is 1.60. The highest BCUT2D eigenvalue weighted by molar-refractivity contribution is 6.09. The van der Waals surface area contributed by atoms with E-state index >= 15 is 0 Å². The SMILES string of the molecule is COc1ccc2c(c1)C[C@H](C(=O)c1cn(C[C@H](C)O)c3cc(-c4cn[nH]c4F)ncc13)CO2. The fourth-order valence-corrected chi connectivity index (χ4v) is 4.30. The van der Waals surface area contributed by atoms with Crippen LogP contribution >= 0.6 is 0 Å². The first kappa shape index (κ1) is 21.1. The average Bonchev–Trinajstić information content (AvgIpc) is 3.40. The highest BCUT2D eigenvalue weighted by Crippen LogP contribution is 2.34. The number of carbonyl (C=O) groups is 1. The summed E-state index contributed by atoms with van der Waals surface area (Å²) in [6.45, 7) is 2.22. The second-order valence-electron chi connectivity index (χ2n) is 8.28. The van der Waals surface area contributed by atoms with Crippen LogP contribution < -0.4 is 9.47 Å². The number of rotatable bonds is 6. The molecule has 0 saturated carbocycles. The fraction of sp³-hybridized carbons (Fsp3) is 0.292. The molecule has 0 unspecified atom stereocenters. The number of nitrogens with zero attached hydrogens (tertiary/aromatic N) is 3. The van der Waals surface area contributed by atoms with Crippen LogP contribution in [-0.2, 0) is 13.0 Å². The zero-order chi connectivity index (χ0) is 23.1. The number of H-pyrrole nitrogens is 1. The van der Waals surface area contributed by atoms with Gasteiger partial charge in [0.15, 0.2) is 5.78 Å². The molecule has 3 aromatic heterocycles. The topological polar surface area (TPSA) is 102 Å². The maximum absolute atomic E-state index is 14.0. The third-order valence-electron chi connectivity index (χ3n) is 5.91. The Labute approximate surface area is 189 Å². The summed E-state index contributed by atoms with van der Waals surface area (Å²) in [6, 6.07) is 7.28. The van der Waals surface area contributed by atoms with Crippen LogP contribution in [0.1, 0.15) is 22.8 Å². The van der Waals surface area contributed by atoms with Crippen LogP contribution in [0.3, 0.4) is 0 Å². The molecule has 0 bridgehead atoms. The molecule has 1 aromatic carbocycles. The maximum Gasteiger partial charge on any atom is 0.218 e.